The fraction of sp³-hybridized carbons (Fsp3) is 0.667. The summed E-state index contributed by atoms with van der Waals surface area (Å²) in [6.07, 6.45) is 3.81. The van der Waals surface area contributed by atoms with Crippen molar-refractivity contribution in [3.63, 3.8) is 0 Å². The predicted molar refractivity (Wildman–Crippen MR) is 48.6 cm³/mol. The highest BCUT2D eigenvalue weighted by Crippen LogP contribution is 2.24. The van der Waals surface area contributed by atoms with Crippen LogP contribution in [0, 0.1) is 5.41 Å². The van der Waals surface area contributed by atoms with Crippen molar-refractivity contribution in [3.05, 3.63) is 11.9 Å². The van der Waals surface area contributed by atoms with Crippen molar-refractivity contribution in [1.29, 1.82) is 0 Å². The summed E-state index contributed by atoms with van der Waals surface area (Å²) in [5, 5.41) is 3.37. The van der Waals surface area contributed by atoms with E-state index in [-0.39, 0.29) is 5.41 Å². The molecule has 1 rings (SSSR count). The summed E-state index contributed by atoms with van der Waals surface area (Å²) in [4.78, 5) is 4.16. The molecule has 2 nitrogen and oxygen atoms in total. The van der Waals surface area contributed by atoms with Gasteiger partial charge in [0, 0.05) is 23.5 Å². The number of rotatable bonds is 0. The zero-order valence-corrected chi connectivity index (χ0v) is 7.68. The highest BCUT2D eigenvalue weighted by molar-refractivity contribution is 5.66. The lowest BCUT2D eigenvalue weighted by Crippen LogP contribution is -2.34. The largest absolute Gasteiger partial charge is 0.379 e. The van der Waals surface area contributed by atoms with E-state index in [0.29, 0.717) is 6.04 Å². The lowest BCUT2D eigenvalue weighted by Gasteiger charge is -2.27. The van der Waals surface area contributed by atoms with E-state index < -0.39 is 0 Å². The van der Waals surface area contributed by atoms with Crippen molar-refractivity contribution >= 4 is 6.21 Å². The Morgan fingerprint density at radius 1 is 1.45 bits per heavy atom. The number of aliphatic imine (C=N–C) groups is 1. The Balaban J connectivity index is 2.75. The number of hydrogen-bond donors (Lipinski definition) is 1. The van der Waals surface area contributed by atoms with Crippen LogP contribution in [-0.4, -0.2) is 12.3 Å². The molecule has 1 aliphatic rings. The smallest absolute Gasteiger partial charge is 0.0585 e. The first-order chi connectivity index (χ1) is 5.00. The third-order valence-corrected chi connectivity index (χ3v) is 1.70. The van der Waals surface area contributed by atoms with E-state index >= 15 is 0 Å². The van der Waals surface area contributed by atoms with Crippen LogP contribution in [0.15, 0.2) is 16.9 Å². The van der Waals surface area contributed by atoms with Gasteiger partial charge in [-0.15, -0.1) is 0 Å². The Bertz CT molecular complexity index is 196. The van der Waals surface area contributed by atoms with Crippen molar-refractivity contribution in [3.8, 4) is 0 Å². The Morgan fingerprint density at radius 3 is 2.45 bits per heavy atom. The van der Waals surface area contributed by atoms with Crippen molar-refractivity contribution in [2.45, 2.75) is 33.7 Å². The molecular weight excluding hydrogens is 136 g/mol. The van der Waals surface area contributed by atoms with E-state index in [4.69, 9.17) is 0 Å². The van der Waals surface area contributed by atoms with E-state index in [1.807, 2.05) is 12.4 Å². The SMILES string of the molecule is CC1C=NC=C(C(C)(C)C)N1. The molecule has 0 radical (unpaired) electrons. The topological polar surface area (TPSA) is 24.4 Å². The lowest BCUT2D eigenvalue weighted by molar-refractivity contribution is 0.451. The molecule has 1 N–H and O–H groups in total. The van der Waals surface area contributed by atoms with Crippen molar-refractivity contribution in [2.24, 2.45) is 10.4 Å². The molecule has 1 unspecified atom stereocenters. The highest BCUT2D eigenvalue weighted by atomic mass is 15.0. The minimum atomic E-state index is 0.187. The molecule has 0 aromatic carbocycles. The van der Waals surface area contributed by atoms with Gasteiger partial charge in [0.15, 0.2) is 0 Å². The summed E-state index contributed by atoms with van der Waals surface area (Å²) in [5.41, 5.74) is 1.40. The van der Waals surface area contributed by atoms with Gasteiger partial charge in [0.1, 0.15) is 0 Å². The molecule has 0 aliphatic carbocycles. The Hall–Kier alpha value is -0.790. The molecule has 0 amide bonds. The number of nitrogens with zero attached hydrogens (tertiary/aromatic N) is 1. The zero-order chi connectivity index (χ0) is 8.48. The van der Waals surface area contributed by atoms with Gasteiger partial charge in [0.05, 0.1) is 6.04 Å². The molecule has 0 aromatic heterocycles. The van der Waals surface area contributed by atoms with E-state index in [9.17, 15) is 0 Å². The van der Waals surface area contributed by atoms with Crippen LogP contribution in [0.4, 0.5) is 0 Å². The second kappa shape index (κ2) is 2.68. The molecule has 0 aromatic rings. The van der Waals surface area contributed by atoms with E-state index in [1.165, 1.54) is 5.70 Å². The minimum Gasteiger partial charge on any atom is -0.379 e. The van der Waals surface area contributed by atoms with Gasteiger partial charge in [-0.2, -0.15) is 0 Å². The molecule has 0 fully saturated rings. The van der Waals surface area contributed by atoms with Crippen LogP contribution in [0.1, 0.15) is 27.7 Å². The van der Waals surface area contributed by atoms with Gasteiger partial charge in [-0.05, 0) is 6.92 Å². The van der Waals surface area contributed by atoms with Crippen LogP contribution in [0.2, 0.25) is 0 Å². The molecule has 2 heteroatoms. The van der Waals surface area contributed by atoms with Crippen molar-refractivity contribution < 1.29 is 0 Å². The standard InChI is InChI=1S/C9H16N2/c1-7-5-10-6-8(11-7)9(2,3)4/h5-7,11H,1-4H3. The molecule has 62 valence electrons. The van der Waals surface area contributed by atoms with Crippen molar-refractivity contribution in [2.75, 3.05) is 0 Å². The average molecular weight is 152 g/mol. The Morgan fingerprint density at radius 2 is 2.09 bits per heavy atom. The second-order valence-electron chi connectivity index (χ2n) is 4.02. The van der Waals surface area contributed by atoms with E-state index in [2.05, 4.69) is 38.0 Å². The van der Waals surface area contributed by atoms with Crippen LogP contribution < -0.4 is 5.32 Å². The Labute approximate surface area is 68.4 Å². The van der Waals surface area contributed by atoms with Crippen molar-refractivity contribution in [1.82, 2.24) is 5.32 Å². The molecule has 0 saturated carbocycles. The summed E-state index contributed by atoms with van der Waals surface area (Å²) >= 11 is 0. The first-order valence-corrected chi connectivity index (χ1v) is 4.00. The van der Waals surface area contributed by atoms with Gasteiger partial charge in [-0.1, -0.05) is 20.8 Å². The van der Waals surface area contributed by atoms with Crippen LogP contribution in [0.3, 0.4) is 0 Å². The van der Waals surface area contributed by atoms with Gasteiger partial charge in [0.25, 0.3) is 0 Å². The fourth-order valence-corrected chi connectivity index (χ4v) is 0.977. The predicted octanol–water partition coefficient (Wildman–Crippen LogP) is 1.94. The number of nitrogens with one attached hydrogen (secondary N) is 1. The number of allylic oxidation sites excluding steroid dienone is 1. The summed E-state index contributed by atoms with van der Waals surface area (Å²) in [5.74, 6) is 0. The third-order valence-electron chi connectivity index (χ3n) is 1.70. The molecule has 0 bridgehead atoms. The van der Waals surface area contributed by atoms with E-state index in [1.54, 1.807) is 0 Å². The molecule has 0 spiro atoms. The minimum absolute atomic E-state index is 0.187. The summed E-state index contributed by atoms with van der Waals surface area (Å²) in [6.45, 7) is 8.64. The van der Waals surface area contributed by atoms with E-state index in [0.717, 1.165) is 0 Å². The molecule has 1 heterocycles. The molecule has 11 heavy (non-hydrogen) atoms. The number of hydrogen-bond acceptors (Lipinski definition) is 2. The van der Waals surface area contributed by atoms with Gasteiger partial charge < -0.3 is 5.32 Å². The maximum absolute atomic E-state index is 4.16. The van der Waals surface area contributed by atoms with Crippen LogP contribution >= 0.6 is 0 Å². The second-order valence-corrected chi connectivity index (χ2v) is 4.02. The van der Waals surface area contributed by atoms with Gasteiger partial charge in [-0.3, -0.25) is 4.99 Å². The van der Waals surface area contributed by atoms with Crippen LogP contribution in [0.5, 0.6) is 0 Å². The molecule has 1 atom stereocenters. The first kappa shape index (κ1) is 8.31. The Kier molecular flexibility index (Phi) is 2.03. The normalized spacial score (nSPS) is 24.4. The molecular formula is C9H16N2. The summed E-state index contributed by atoms with van der Waals surface area (Å²) in [6, 6.07) is 0.370. The first-order valence-electron chi connectivity index (χ1n) is 4.00. The summed E-state index contributed by atoms with van der Waals surface area (Å²) in [7, 11) is 0. The monoisotopic (exact) mass is 152 g/mol. The molecule has 1 aliphatic heterocycles. The third kappa shape index (κ3) is 2.07. The van der Waals surface area contributed by atoms with Crippen LogP contribution in [0.25, 0.3) is 0 Å². The fourth-order valence-electron chi connectivity index (χ4n) is 0.977. The van der Waals surface area contributed by atoms with Crippen LogP contribution in [-0.2, 0) is 0 Å². The summed E-state index contributed by atoms with van der Waals surface area (Å²) < 4.78 is 0. The van der Waals surface area contributed by atoms with Gasteiger partial charge in [0.2, 0.25) is 0 Å². The lowest BCUT2D eigenvalue weighted by atomic mass is 9.91. The van der Waals surface area contributed by atoms with Gasteiger partial charge in [-0.25, -0.2) is 0 Å². The highest BCUT2D eigenvalue weighted by Gasteiger charge is 2.19. The maximum Gasteiger partial charge on any atom is 0.0585 e. The zero-order valence-electron chi connectivity index (χ0n) is 7.68. The van der Waals surface area contributed by atoms with Gasteiger partial charge >= 0.3 is 0 Å². The maximum atomic E-state index is 4.16. The average Bonchev–Trinajstić information content (AvgIpc) is 1.86. The molecule has 0 saturated heterocycles. The quantitative estimate of drug-likeness (QED) is 0.563.